The van der Waals surface area contributed by atoms with E-state index >= 15 is 0 Å². The van der Waals surface area contributed by atoms with Gasteiger partial charge in [-0.3, -0.25) is 0 Å². The number of nitrogens with zero attached hydrogens (tertiary/aromatic N) is 1. The summed E-state index contributed by atoms with van der Waals surface area (Å²) in [6.45, 7) is 1.49. The number of hydrogen-bond acceptors (Lipinski definition) is 4. The van der Waals surface area contributed by atoms with Crippen LogP contribution in [0.15, 0.2) is 9.98 Å². The van der Waals surface area contributed by atoms with Crippen LogP contribution >= 0.6 is 27.3 Å². The van der Waals surface area contributed by atoms with Crippen molar-refractivity contribution in [2.75, 3.05) is 13.2 Å². The zero-order chi connectivity index (χ0) is 8.39. The predicted molar refractivity (Wildman–Crippen MR) is 49.7 cm³/mol. The molecule has 0 unspecified atom stereocenters. The van der Waals surface area contributed by atoms with Crippen LogP contribution in [0.5, 0.6) is 5.19 Å². The molecule has 0 aromatic carbocycles. The Balaban J connectivity index is 1.94. The zero-order valence-corrected chi connectivity index (χ0v) is 8.73. The Morgan fingerprint density at radius 3 is 3.25 bits per heavy atom. The Kier molecular flexibility index (Phi) is 2.63. The lowest BCUT2D eigenvalue weighted by Crippen LogP contribution is -2.15. The standard InChI is InChI=1S/C7H8BrNO2S/c8-6-4-12-7(9-6)11-5-1-2-10-3-5/h4-5H,1-3H2/t5-/m1/s1. The fourth-order valence-electron chi connectivity index (χ4n) is 1.04. The van der Waals surface area contributed by atoms with Gasteiger partial charge in [-0.25, -0.2) is 0 Å². The molecular formula is C7H8BrNO2S. The molecule has 1 atom stereocenters. The van der Waals surface area contributed by atoms with Crippen LogP contribution in [0.3, 0.4) is 0 Å². The molecule has 1 saturated heterocycles. The Labute approximate surface area is 82.8 Å². The molecular weight excluding hydrogens is 242 g/mol. The van der Waals surface area contributed by atoms with E-state index in [1.165, 1.54) is 11.3 Å². The van der Waals surface area contributed by atoms with E-state index in [1.54, 1.807) is 0 Å². The summed E-state index contributed by atoms with van der Waals surface area (Å²) in [6.07, 6.45) is 1.17. The van der Waals surface area contributed by atoms with E-state index in [2.05, 4.69) is 20.9 Å². The van der Waals surface area contributed by atoms with Crippen LogP contribution in [0.1, 0.15) is 6.42 Å². The van der Waals surface area contributed by atoms with Crippen molar-refractivity contribution >= 4 is 27.3 Å². The van der Waals surface area contributed by atoms with Crippen LogP contribution in [-0.4, -0.2) is 24.3 Å². The SMILES string of the molecule is Brc1csc(O[C@@H]2CCOC2)n1. The van der Waals surface area contributed by atoms with E-state index in [1.807, 2.05) is 5.38 Å². The largest absolute Gasteiger partial charge is 0.464 e. The third kappa shape index (κ3) is 1.97. The molecule has 1 aromatic heterocycles. The summed E-state index contributed by atoms with van der Waals surface area (Å²) in [5.74, 6) is 0. The smallest absolute Gasteiger partial charge is 0.274 e. The number of rotatable bonds is 2. The fourth-order valence-corrected chi connectivity index (χ4v) is 2.19. The number of hydrogen-bond donors (Lipinski definition) is 0. The van der Waals surface area contributed by atoms with Crippen LogP contribution in [-0.2, 0) is 4.74 Å². The van der Waals surface area contributed by atoms with Crippen LogP contribution in [0.2, 0.25) is 0 Å². The second-order valence-electron chi connectivity index (χ2n) is 2.54. The normalized spacial score (nSPS) is 22.9. The molecule has 0 amide bonds. The molecule has 5 heteroatoms. The molecule has 0 bridgehead atoms. The summed E-state index contributed by atoms with van der Waals surface area (Å²) in [6, 6.07) is 0. The number of halogens is 1. The van der Waals surface area contributed by atoms with Crippen LogP contribution in [0, 0.1) is 0 Å². The average Bonchev–Trinajstić information content (AvgIpc) is 2.63. The van der Waals surface area contributed by atoms with E-state index < -0.39 is 0 Å². The van der Waals surface area contributed by atoms with Crippen molar-refractivity contribution < 1.29 is 9.47 Å². The van der Waals surface area contributed by atoms with Gasteiger partial charge < -0.3 is 9.47 Å². The summed E-state index contributed by atoms with van der Waals surface area (Å²) in [7, 11) is 0. The van der Waals surface area contributed by atoms with Crippen molar-refractivity contribution in [3.05, 3.63) is 9.98 Å². The third-order valence-corrected chi connectivity index (χ3v) is 3.05. The van der Waals surface area contributed by atoms with Gasteiger partial charge in [-0.15, -0.1) is 0 Å². The number of aromatic nitrogens is 1. The molecule has 1 aliphatic heterocycles. The summed E-state index contributed by atoms with van der Waals surface area (Å²) in [5, 5.41) is 2.63. The third-order valence-electron chi connectivity index (χ3n) is 1.61. The highest BCUT2D eigenvalue weighted by atomic mass is 79.9. The van der Waals surface area contributed by atoms with Gasteiger partial charge in [0.05, 0.1) is 13.2 Å². The van der Waals surface area contributed by atoms with Gasteiger partial charge in [-0.05, 0) is 15.9 Å². The Bertz CT molecular complexity index is 260. The molecule has 1 aromatic rings. The first-order chi connectivity index (χ1) is 5.84. The predicted octanol–water partition coefficient (Wildman–Crippen LogP) is 2.07. The van der Waals surface area contributed by atoms with Crippen molar-refractivity contribution in [3.8, 4) is 5.19 Å². The molecule has 12 heavy (non-hydrogen) atoms. The summed E-state index contributed by atoms with van der Waals surface area (Å²) >= 11 is 4.77. The number of ether oxygens (including phenoxy) is 2. The fraction of sp³-hybridized carbons (Fsp3) is 0.571. The first-order valence-corrected chi connectivity index (χ1v) is 5.37. The van der Waals surface area contributed by atoms with Crippen molar-refractivity contribution in [3.63, 3.8) is 0 Å². The molecule has 0 radical (unpaired) electrons. The zero-order valence-electron chi connectivity index (χ0n) is 6.33. The van der Waals surface area contributed by atoms with Crippen molar-refractivity contribution in [2.24, 2.45) is 0 Å². The summed E-state index contributed by atoms with van der Waals surface area (Å²) < 4.78 is 11.6. The first kappa shape index (κ1) is 8.47. The monoisotopic (exact) mass is 249 g/mol. The summed E-state index contributed by atoms with van der Waals surface area (Å²) in [4.78, 5) is 4.13. The van der Waals surface area contributed by atoms with Gasteiger partial charge in [0.1, 0.15) is 10.7 Å². The van der Waals surface area contributed by atoms with Gasteiger partial charge in [0.25, 0.3) is 5.19 Å². The second-order valence-corrected chi connectivity index (χ2v) is 4.17. The van der Waals surface area contributed by atoms with E-state index in [9.17, 15) is 0 Å². The van der Waals surface area contributed by atoms with Gasteiger partial charge in [-0.1, -0.05) is 11.3 Å². The molecule has 2 rings (SSSR count). The first-order valence-electron chi connectivity index (χ1n) is 3.70. The van der Waals surface area contributed by atoms with E-state index in [-0.39, 0.29) is 6.10 Å². The molecule has 0 N–H and O–H groups in total. The highest BCUT2D eigenvalue weighted by molar-refractivity contribution is 9.10. The topological polar surface area (TPSA) is 31.4 Å². The van der Waals surface area contributed by atoms with Gasteiger partial charge in [0, 0.05) is 11.8 Å². The minimum atomic E-state index is 0.197. The maximum absolute atomic E-state index is 5.55. The molecule has 0 aliphatic carbocycles. The molecule has 3 nitrogen and oxygen atoms in total. The highest BCUT2D eigenvalue weighted by Gasteiger charge is 2.18. The van der Waals surface area contributed by atoms with Crippen molar-refractivity contribution in [1.29, 1.82) is 0 Å². The lowest BCUT2D eigenvalue weighted by molar-refractivity contribution is 0.141. The maximum Gasteiger partial charge on any atom is 0.274 e. The Morgan fingerprint density at radius 2 is 2.67 bits per heavy atom. The van der Waals surface area contributed by atoms with Crippen LogP contribution < -0.4 is 4.74 Å². The molecule has 1 aliphatic rings. The molecule has 1 fully saturated rings. The van der Waals surface area contributed by atoms with Gasteiger partial charge in [-0.2, -0.15) is 4.98 Å². The van der Waals surface area contributed by atoms with Crippen LogP contribution in [0.4, 0.5) is 0 Å². The second kappa shape index (κ2) is 3.72. The van der Waals surface area contributed by atoms with Crippen LogP contribution in [0.25, 0.3) is 0 Å². The highest BCUT2D eigenvalue weighted by Crippen LogP contribution is 2.24. The summed E-state index contributed by atoms with van der Waals surface area (Å²) in [5.41, 5.74) is 0. The minimum Gasteiger partial charge on any atom is -0.464 e. The quantitative estimate of drug-likeness (QED) is 0.805. The van der Waals surface area contributed by atoms with E-state index in [0.717, 1.165) is 22.8 Å². The minimum absolute atomic E-state index is 0.197. The van der Waals surface area contributed by atoms with E-state index in [0.29, 0.717) is 6.61 Å². The van der Waals surface area contributed by atoms with Gasteiger partial charge >= 0.3 is 0 Å². The molecule has 0 saturated carbocycles. The van der Waals surface area contributed by atoms with Crippen molar-refractivity contribution in [1.82, 2.24) is 4.98 Å². The van der Waals surface area contributed by atoms with Gasteiger partial charge in [0.15, 0.2) is 0 Å². The number of thiazole rings is 1. The average molecular weight is 250 g/mol. The molecule has 0 spiro atoms. The Hall–Kier alpha value is -0.130. The molecule has 2 heterocycles. The van der Waals surface area contributed by atoms with E-state index in [4.69, 9.17) is 9.47 Å². The lowest BCUT2D eigenvalue weighted by Gasteiger charge is -2.06. The van der Waals surface area contributed by atoms with Gasteiger partial charge in [0.2, 0.25) is 0 Å². The lowest BCUT2D eigenvalue weighted by atomic mass is 10.3. The Morgan fingerprint density at radius 1 is 1.75 bits per heavy atom. The maximum atomic E-state index is 5.55. The van der Waals surface area contributed by atoms with Crippen molar-refractivity contribution in [2.45, 2.75) is 12.5 Å². The molecule has 66 valence electrons.